The highest BCUT2D eigenvalue weighted by Crippen LogP contribution is 2.21. The first-order valence-electron chi connectivity index (χ1n) is 8.08. The second-order valence-electron chi connectivity index (χ2n) is 6.06. The van der Waals surface area contributed by atoms with Gasteiger partial charge in [-0.25, -0.2) is 0 Å². The minimum absolute atomic E-state index is 0.258. The van der Waals surface area contributed by atoms with E-state index in [9.17, 15) is 9.82 Å². The van der Waals surface area contributed by atoms with E-state index in [2.05, 4.69) is 16.4 Å². The number of fused-ring (bicyclic) bond motifs is 2. The van der Waals surface area contributed by atoms with Crippen molar-refractivity contribution < 1.29 is 14.5 Å². The highest BCUT2D eigenvalue weighted by atomic mass is 35.5. The molecule has 0 fully saturated rings. The molecule has 25 heavy (non-hydrogen) atoms. The van der Waals surface area contributed by atoms with Crippen LogP contribution in [0.5, 0.6) is 0 Å². The summed E-state index contributed by atoms with van der Waals surface area (Å²) in [7, 11) is -0.995. The molecule has 0 saturated heterocycles. The summed E-state index contributed by atoms with van der Waals surface area (Å²) in [6, 6.07) is 11.4. The summed E-state index contributed by atoms with van der Waals surface area (Å²) in [5, 5.41) is 14.2. The van der Waals surface area contributed by atoms with Crippen LogP contribution in [0.25, 0.3) is 10.9 Å². The minimum atomic E-state index is -0.995. The van der Waals surface area contributed by atoms with Gasteiger partial charge in [-0.15, -0.1) is 0 Å². The summed E-state index contributed by atoms with van der Waals surface area (Å²) in [6.45, 7) is 0.797. The molecule has 126 valence electrons. The van der Waals surface area contributed by atoms with Crippen LogP contribution in [0.2, 0.25) is 5.02 Å². The lowest BCUT2D eigenvalue weighted by molar-refractivity contribution is 0.0954. The first-order chi connectivity index (χ1) is 12.1. The summed E-state index contributed by atoms with van der Waals surface area (Å²) < 4.78 is 5.15. The van der Waals surface area contributed by atoms with Crippen molar-refractivity contribution in [1.29, 1.82) is 0 Å². The number of nitrogens with one attached hydrogen (secondary N) is 2. The number of para-hydroxylation sites is 1. The molecule has 5 nitrogen and oxygen atoms in total. The van der Waals surface area contributed by atoms with Crippen molar-refractivity contribution in [2.75, 3.05) is 6.54 Å². The lowest BCUT2D eigenvalue weighted by Gasteiger charge is -2.09. The Balaban J connectivity index is 1.45. The topological polar surface area (TPSA) is 74.4 Å². The molecule has 7 heteroatoms. The number of carbonyl (C=O) groups is 1. The smallest absolute Gasteiger partial charge is 0.423 e. The molecular weight excluding hydrogens is 338 g/mol. The predicted molar refractivity (Wildman–Crippen MR) is 98.2 cm³/mol. The molecule has 1 aliphatic rings. The molecule has 0 aliphatic carbocycles. The van der Waals surface area contributed by atoms with Gasteiger partial charge >= 0.3 is 7.12 Å². The van der Waals surface area contributed by atoms with Crippen molar-refractivity contribution in [3.05, 3.63) is 64.3 Å². The Hall–Kier alpha value is -2.28. The lowest BCUT2D eigenvalue weighted by Crippen LogP contribution is -2.31. The number of halogens is 1. The average Bonchev–Trinajstić information content (AvgIpc) is 3.18. The van der Waals surface area contributed by atoms with Gasteiger partial charge in [-0.05, 0) is 41.2 Å². The van der Waals surface area contributed by atoms with Crippen LogP contribution >= 0.6 is 11.6 Å². The van der Waals surface area contributed by atoms with Gasteiger partial charge in [0.2, 0.25) is 0 Å². The summed E-state index contributed by atoms with van der Waals surface area (Å²) in [5.41, 5.74) is 4.00. The van der Waals surface area contributed by atoms with Crippen molar-refractivity contribution in [2.45, 2.75) is 13.0 Å². The number of rotatable bonds is 4. The number of carbonyl (C=O) groups excluding carboxylic acids is 1. The molecule has 1 aliphatic heterocycles. The molecule has 2 aromatic carbocycles. The maximum atomic E-state index is 12.4. The van der Waals surface area contributed by atoms with Gasteiger partial charge in [0.25, 0.3) is 5.91 Å². The molecule has 0 spiro atoms. The third-order valence-electron chi connectivity index (χ3n) is 4.49. The van der Waals surface area contributed by atoms with Gasteiger partial charge in [0.1, 0.15) is 0 Å². The van der Waals surface area contributed by atoms with Crippen molar-refractivity contribution in [3.8, 4) is 0 Å². The van der Waals surface area contributed by atoms with Crippen LogP contribution in [0.4, 0.5) is 0 Å². The summed E-state index contributed by atoms with van der Waals surface area (Å²) in [4.78, 5) is 15.7. The standard InChI is InChI=1S/C18H16BClN2O3/c20-16-7-12-10-25-19(24)15(12)8-14(16)18(23)21-6-5-11-9-22-17-4-2-1-3-13(11)17/h1-4,7-9,22,24H,5-6,10H2,(H,21,23). The second kappa shape index (κ2) is 6.56. The van der Waals surface area contributed by atoms with Crippen LogP contribution in [0.1, 0.15) is 21.5 Å². The number of aromatic nitrogens is 1. The summed E-state index contributed by atoms with van der Waals surface area (Å²) in [6.07, 6.45) is 2.68. The Morgan fingerprint density at radius 3 is 3.08 bits per heavy atom. The van der Waals surface area contributed by atoms with E-state index >= 15 is 0 Å². The van der Waals surface area contributed by atoms with Crippen molar-refractivity contribution in [3.63, 3.8) is 0 Å². The fourth-order valence-corrected chi connectivity index (χ4v) is 3.44. The first kappa shape index (κ1) is 16.2. The van der Waals surface area contributed by atoms with Gasteiger partial charge in [-0.1, -0.05) is 29.8 Å². The molecule has 1 aromatic heterocycles. The molecule has 4 rings (SSSR count). The normalized spacial score (nSPS) is 13.3. The number of hydrogen-bond acceptors (Lipinski definition) is 3. The number of amides is 1. The highest BCUT2D eigenvalue weighted by molar-refractivity contribution is 6.61. The Bertz CT molecular complexity index is 957. The molecule has 3 N–H and O–H groups in total. The van der Waals surface area contributed by atoms with Crippen LogP contribution in [-0.2, 0) is 17.7 Å². The summed E-state index contributed by atoms with van der Waals surface area (Å²) >= 11 is 6.20. The third-order valence-corrected chi connectivity index (χ3v) is 4.80. The predicted octanol–water partition coefficient (Wildman–Crippen LogP) is 2.01. The average molecular weight is 355 g/mol. The zero-order chi connectivity index (χ0) is 17.4. The van der Waals surface area contributed by atoms with E-state index in [0.29, 0.717) is 35.6 Å². The molecule has 1 amide bonds. The van der Waals surface area contributed by atoms with E-state index in [4.69, 9.17) is 16.3 Å². The number of hydrogen-bond donors (Lipinski definition) is 3. The van der Waals surface area contributed by atoms with Crippen molar-refractivity contribution in [2.24, 2.45) is 0 Å². The Labute approximate surface area is 150 Å². The SMILES string of the molecule is O=C(NCCc1c[nH]c2ccccc12)c1cc2c(cc1Cl)COB2O. The molecule has 0 atom stereocenters. The van der Waals surface area contributed by atoms with Gasteiger partial charge in [-0.3, -0.25) is 4.79 Å². The van der Waals surface area contributed by atoms with E-state index in [-0.39, 0.29) is 5.91 Å². The minimum Gasteiger partial charge on any atom is -0.423 e. The highest BCUT2D eigenvalue weighted by Gasteiger charge is 2.29. The van der Waals surface area contributed by atoms with E-state index in [0.717, 1.165) is 22.0 Å². The molecule has 0 saturated carbocycles. The van der Waals surface area contributed by atoms with E-state index < -0.39 is 7.12 Å². The van der Waals surface area contributed by atoms with Gasteiger partial charge in [-0.2, -0.15) is 0 Å². The number of aromatic amines is 1. The van der Waals surface area contributed by atoms with Gasteiger partial charge in [0, 0.05) is 23.6 Å². The molecule has 3 aromatic rings. The number of H-pyrrole nitrogens is 1. The van der Waals surface area contributed by atoms with Crippen LogP contribution in [0, 0.1) is 0 Å². The zero-order valence-corrected chi connectivity index (χ0v) is 14.1. The Morgan fingerprint density at radius 2 is 2.20 bits per heavy atom. The van der Waals surface area contributed by atoms with Gasteiger partial charge < -0.3 is 20.0 Å². The molecular formula is C18H16BClN2O3. The quantitative estimate of drug-likeness (QED) is 0.628. The summed E-state index contributed by atoms with van der Waals surface area (Å²) in [5.74, 6) is -0.258. The van der Waals surface area contributed by atoms with Crippen LogP contribution in [0.3, 0.4) is 0 Å². The van der Waals surface area contributed by atoms with E-state index in [1.807, 2.05) is 24.4 Å². The second-order valence-corrected chi connectivity index (χ2v) is 6.47. The largest absolute Gasteiger partial charge is 0.491 e. The molecule has 0 unspecified atom stereocenters. The Kier molecular flexibility index (Phi) is 4.25. The van der Waals surface area contributed by atoms with Crippen molar-refractivity contribution >= 4 is 41.0 Å². The maximum Gasteiger partial charge on any atom is 0.491 e. The molecule has 2 heterocycles. The van der Waals surface area contributed by atoms with Crippen molar-refractivity contribution in [1.82, 2.24) is 10.3 Å². The first-order valence-corrected chi connectivity index (χ1v) is 8.46. The zero-order valence-electron chi connectivity index (χ0n) is 13.4. The number of benzene rings is 2. The van der Waals surface area contributed by atoms with E-state index in [1.165, 1.54) is 0 Å². The fraction of sp³-hybridized carbons (Fsp3) is 0.167. The fourth-order valence-electron chi connectivity index (χ4n) is 3.16. The Morgan fingerprint density at radius 1 is 1.36 bits per heavy atom. The van der Waals surface area contributed by atoms with Crippen LogP contribution < -0.4 is 10.8 Å². The van der Waals surface area contributed by atoms with Gasteiger partial charge in [0.15, 0.2) is 0 Å². The van der Waals surface area contributed by atoms with E-state index in [1.54, 1.807) is 12.1 Å². The monoisotopic (exact) mass is 354 g/mol. The van der Waals surface area contributed by atoms with Crippen LogP contribution in [0.15, 0.2) is 42.6 Å². The lowest BCUT2D eigenvalue weighted by atomic mass is 9.78. The molecule has 0 radical (unpaired) electrons. The maximum absolute atomic E-state index is 12.4. The molecule has 0 bridgehead atoms. The third kappa shape index (κ3) is 3.04. The van der Waals surface area contributed by atoms with Crippen LogP contribution in [-0.4, -0.2) is 29.6 Å². The van der Waals surface area contributed by atoms with Gasteiger partial charge in [0.05, 0.1) is 17.2 Å².